The molecule has 51 heavy (non-hydrogen) atoms. The second kappa shape index (κ2) is 11.5. The standard InChI is InChI=1S/C25H36F6N2O14S4/c26-24(27,28)48(37,38)32-50(41,42)46-14-20-6-21(35)9-22(36,7-20)11-23(8-20,10-21)45-13-19-3-15-1-18(5-19,12-34)2-16(4-19)17(15)47-51(43,44)33-49(39,40)25(29,30)31/h15-17,32-36H,1-14H2. The maximum absolute atomic E-state index is 12.9. The molecule has 8 fully saturated rings. The molecule has 26 heteroatoms. The van der Waals surface area contributed by atoms with Gasteiger partial charge in [-0.15, -0.1) is 0 Å². The molecule has 0 radical (unpaired) electrons. The first-order chi connectivity index (χ1) is 22.8. The Morgan fingerprint density at radius 3 is 1.55 bits per heavy atom. The minimum Gasteiger partial charge on any atom is -0.396 e. The summed E-state index contributed by atoms with van der Waals surface area (Å²) < 4.78 is 189. The van der Waals surface area contributed by atoms with Gasteiger partial charge in [-0.2, -0.15) is 43.2 Å². The summed E-state index contributed by atoms with van der Waals surface area (Å²) in [5.74, 6) is -1.36. The van der Waals surface area contributed by atoms with Crippen LogP contribution in [-0.2, 0) is 53.8 Å². The van der Waals surface area contributed by atoms with Gasteiger partial charge in [0.15, 0.2) is 0 Å². The molecule has 0 aromatic heterocycles. The van der Waals surface area contributed by atoms with Crippen LogP contribution in [0.25, 0.3) is 0 Å². The lowest BCUT2D eigenvalue weighted by Crippen LogP contribution is -2.71. The van der Waals surface area contributed by atoms with Crippen LogP contribution in [0.15, 0.2) is 0 Å². The Hall–Kier alpha value is -0.940. The molecular formula is C25H36F6N2O14S4. The lowest BCUT2D eigenvalue weighted by Gasteiger charge is -2.68. The van der Waals surface area contributed by atoms with Crippen LogP contribution in [-0.4, -0.2) is 103 Å². The molecule has 8 aliphatic rings. The van der Waals surface area contributed by atoms with E-state index < -0.39 is 109 Å². The lowest BCUT2D eigenvalue weighted by molar-refractivity contribution is -0.306. The predicted octanol–water partition coefficient (Wildman–Crippen LogP) is 0.530. The first-order valence-corrected chi connectivity index (χ1v) is 21.3. The fourth-order valence-corrected chi connectivity index (χ4v) is 15.3. The van der Waals surface area contributed by atoms with E-state index in [1.807, 2.05) is 0 Å². The van der Waals surface area contributed by atoms with Crippen molar-refractivity contribution < 1.29 is 88.4 Å². The minimum absolute atomic E-state index is 0.0467. The van der Waals surface area contributed by atoms with E-state index >= 15 is 0 Å². The van der Waals surface area contributed by atoms with E-state index in [1.165, 1.54) is 0 Å². The van der Waals surface area contributed by atoms with Crippen molar-refractivity contribution in [1.82, 2.24) is 8.25 Å². The quantitative estimate of drug-likeness (QED) is 0.159. The van der Waals surface area contributed by atoms with Crippen molar-refractivity contribution >= 4 is 40.7 Å². The summed E-state index contributed by atoms with van der Waals surface area (Å²) in [6, 6.07) is 0. The Morgan fingerprint density at radius 2 is 1.08 bits per heavy atom. The topological polar surface area (TPSA) is 249 Å². The van der Waals surface area contributed by atoms with E-state index in [1.54, 1.807) is 0 Å². The van der Waals surface area contributed by atoms with Crippen LogP contribution in [0.5, 0.6) is 0 Å². The zero-order valence-electron chi connectivity index (χ0n) is 26.4. The first kappa shape index (κ1) is 39.7. The van der Waals surface area contributed by atoms with Crippen molar-refractivity contribution in [2.24, 2.45) is 28.1 Å². The van der Waals surface area contributed by atoms with E-state index in [0.717, 1.165) is 0 Å². The summed E-state index contributed by atoms with van der Waals surface area (Å²) >= 11 is 0. The fourth-order valence-electron chi connectivity index (χ4n) is 11.0. The van der Waals surface area contributed by atoms with Crippen LogP contribution in [0, 0.1) is 28.1 Å². The van der Waals surface area contributed by atoms with Gasteiger partial charge in [-0.25, -0.2) is 16.8 Å². The van der Waals surface area contributed by atoms with Crippen LogP contribution >= 0.6 is 0 Å². The molecule has 0 aromatic rings. The highest BCUT2D eigenvalue weighted by molar-refractivity contribution is 8.03. The largest absolute Gasteiger partial charge is 0.512 e. The Labute approximate surface area is 289 Å². The lowest BCUT2D eigenvalue weighted by atomic mass is 9.43. The Morgan fingerprint density at radius 1 is 0.608 bits per heavy atom. The second-order valence-electron chi connectivity index (χ2n) is 15.9. The van der Waals surface area contributed by atoms with Crippen LogP contribution in [0.4, 0.5) is 26.3 Å². The zero-order valence-corrected chi connectivity index (χ0v) is 29.6. The highest BCUT2D eigenvalue weighted by Crippen LogP contribution is 2.69. The van der Waals surface area contributed by atoms with E-state index in [2.05, 4.69) is 0 Å². The van der Waals surface area contributed by atoms with Crippen molar-refractivity contribution in [3.05, 3.63) is 0 Å². The molecule has 0 aromatic carbocycles. The van der Waals surface area contributed by atoms with E-state index in [9.17, 15) is 75.3 Å². The van der Waals surface area contributed by atoms with Crippen LogP contribution in [0.1, 0.15) is 70.6 Å². The number of hydrogen-bond donors (Lipinski definition) is 5. The average molecular weight is 831 g/mol. The molecule has 0 aliphatic heterocycles. The van der Waals surface area contributed by atoms with Gasteiger partial charge in [-0.05, 0) is 74.0 Å². The van der Waals surface area contributed by atoms with Gasteiger partial charge in [-0.1, -0.05) is 8.25 Å². The number of aliphatic hydroxyl groups excluding tert-OH is 1. The highest BCUT2D eigenvalue weighted by atomic mass is 32.3. The molecule has 8 saturated carbocycles. The number of sulfonamides is 2. The SMILES string of the molecule is O=S(=O)(NS(=O)(=O)C(F)(F)F)OCC12CC3(O)CC(O)(C1)CC(OCC14CC5CC(CO)(CC(C1)C5OS(=O)(=O)NS(=O)(=O)C(F)(F)F)C4)(C3)C2. The molecule has 0 saturated heterocycles. The van der Waals surface area contributed by atoms with Crippen molar-refractivity contribution in [3.8, 4) is 0 Å². The third-order valence-corrected chi connectivity index (χ3v) is 16.8. The molecule has 0 spiro atoms. The molecule has 8 bridgehead atoms. The Balaban J connectivity index is 1.19. The summed E-state index contributed by atoms with van der Waals surface area (Å²) in [4.78, 5) is 0. The number of alkyl halides is 6. The molecule has 8 aliphatic carbocycles. The molecule has 0 heterocycles. The van der Waals surface area contributed by atoms with Crippen molar-refractivity contribution in [3.63, 3.8) is 0 Å². The van der Waals surface area contributed by atoms with E-state index in [-0.39, 0.29) is 77.4 Å². The minimum atomic E-state index is -6.36. The second-order valence-corrected chi connectivity index (χ2v) is 22.5. The highest BCUT2D eigenvalue weighted by Gasteiger charge is 2.70. The molecule has 296 valence electrons. The van der Waals surface area contributed by atoms with Gasteiger partial charge in [-0.3, -0.25) is 8.37 Å². The molecule has 4 atom stereocenters. The smallest absolute Gasteiger partial charge is 0.396 e. The molecule has 5 N–H and O–H groups in total. The number of nitrogens with one attached hydrogen (secondary N) is 2. The maximum Gasteiger partial charge on any atom is 0.512 e. The van der Waals surface area contributed by atoms with E-state index in [4.69, 9.17) is 13.1 Å². The molecule has 0 amide bonds. The molecular weight excluding hydrogens is 795 g/mol. The van der Waals surface area contributed by atoms with Crippen LogP contribution in [0.3, 0.4) is 0 Å². The number of aliphatic hydroxyl groups is 3. The van der Waals surface area contributed by atoms with Gasteiger partial charge in [0.1, 0.15) is 0 Å². The number of hydrogen-bond acceptors (Lipinski definition) is 14. The zero-order chi connectivity index (χ0) is 38.2. The first-order valence-electron chi connectivity index (χ1n) is 15.5. The normalized spacial score (nSPS) is 42.5. The molecule has 8 rings (SSSR count). The monoisotopic (exact) mass is 830 g/mol. The third-order valence-electron chi connectivity index (χ3n) is 11.3. The van der Waals surface area contributed by atoms with Crippen LogP contribution < -0.4 is 8.25 Å². The summed E-state index contributed by atoms with van der Waals surface area (Å²) in [7, 11) is -23.7. The number of ether oxygens (including phenoxy) is 1. The summed E-state index contributed by atoms with van der Waals surface area (Å²) in [5.41, 5.74) is -19.5. The average Bonchev–Trinajstić information content (AvgIpc) is 2.89. The van der Waals surface area contributed by atoms with Gasteiger partial charge in [0.05, 0.1) is 36.1 Å². The van der Waals surface area contributed by atoms with Gasteiger partial charge in [0, 0.05) is 31.3 Å². The van der Waals surface area contributed by atoms with Crippen molar-refractivity contribution in [2.45, 2.75) is 105 Å². The Kier molecular flexibility index (Phi) is 9.00. The molecule has 4 unspecified atom stereocenters. The number of rotatable bonds is 13. The molecule has 16 nitrogen and oxygen atoms in total. The maximum atomic E-state index is 12.9. The Bertz CT molecular complexity index is 1860. The van der Waals surface area contributed by atoms with Gasteiger partial charge < -0.3 is 20.1 Å². The van der Waals surface area contributed by atoms with Gasteiger partial charge >= 0.3 is 51.7 Å². The van der Waals surface area contributed by atoms with Crippen molar-refractivity contribution in [1.29, 1.82) is 0 Å². The van der Waals surface area contributed by atoms with Crippen molar-refractivity contribution in [2.75, 3.05) is 19.8 Å². The fraction of sp³-hybridized carbons (Fsp3) is 1.00. The van der Waals surface area contributed by atoms with E-state index in [0.29, 0.717) is 14.7 Å². The summed E-state index contributed by atoms with van der Waals surface area (Å²) in [5, 5.41) is 33.4. The summed E-state index contributed by atoms with van der Waals surface area (Å²) in [6.07, 6.45) is -0.758. The predicted molar refractivity (Wildman–Crippen MR) is 156 cm³/mol. The van der Waals surface area contributed by atoms with Gasteiger partial charge in [0.25, 0.3) is 0 Å². The number of halogens is 6. The summed E-state index contributed by atoms with van der Waals surface area (Å²) in [6.45, 7) is -1.37. The third kappa shape index (κ3) is 7.41. The van der Waals surface area contributed by atoms with Crippen LogP contribution in [0.2, 0.25) is 0 Å². The van der Waals surface area contributed by atoms with Gasteiger partial charge in [0.2, 0.25) is 0 Å².